The zero-order valence-electron chi connectivity index (χ0n) is 19.7. The van der Waals surface area contributed by atoms with E-state index in [4.69, 9.17) is 5.11 Å². The van der Waals surface area contributed by atoms with Crippen LogP contribution in [-0.2, 0) is 4.79 Å². The summed E-state index contributed by atoms with van der Waals surface area (Å²) in [5, 5.41) is 22.9. The summed E-state index contributed by atoms with van der Waals surface area (Å²) in [7, 11) is 0. The van der Waals surface area contributed by atoms with Gasteiger partial charge in [-0.25, -0.2) is 0 Å². The number of carbonyl (C=O) groups is 1. The zero-order valence-corrected chi connectivity index (χ0v) is 19.7. The van der Waals surface area contributed by atoms with Gasteiger partial charge in [0.15, 0.2) is 0 Å². The van der Waals surface area contributed by atoms with E-state index >= 15 is 0 Å². The van der Waals surface area contributed by atoms with Crippen molar-refractivity contribution in [3.8, 4) is 0 Å². The fourth-order valence-corrected chi connectivity index (χ4v) is 5.80. The molecule has 0 radical (unpaired) electrons. The fraction of sp³-hybridized carbons (Fsp3) is 0.885. The number of hydrogen-bond donors (Lipinski definition) is 3. The first kappa shape index (κ1) is 25.4. The Labute approximate surface area is 184 Å². The van der Waals surface area contributed by atoms with Crippen molar-refractivity contribution in [3.63, 3.8) is 0 Å². The standard InChI is InChI=1S/C26H47NO3/c1-4-5-6-7-8-11-14-21(28)19-27-24-18-20-17-23(26(20,2)3)22(24)15-12-9-10-13-16-25(29)30/h9,12,20-24,27-28H,4-8,10-11,13-19H2,1-3H3,(H,29,30)/b12-9+. The van der Waals surface area contributed by atoms with E-state index in [-0.39, 0.29) is 12.5 Å². The maximum Gasteiger partial charge on any atom is 0.303 e. The summed E-state index contributed by atoms with van der Waals surface area (Å²) in [5.41, 5.74) is 0.442. The van der Waals surface area contributed by atoms with Gasteiger partial charge in [0.2, 0.25) is 0 Å². The Balaban J connectivity index is 1.73. The molecule has 4 nitrogen and oxygen atoms in total. The van der Waals surface area contributed by atoms with Gasteiger partial charge < -0.3 is 15.5 Å². The minimum absolute atomic E-state index is 0.227. The molecule has 2 bridgehead atoms. The Morgan fingerprint density at radius 2 is 1.83 bits per heavy atom. The predicted molar refractivity (Wildman–Crippen MR) is 125 cm³/mol. The number of fused-ring (bicyclic) bond motifs is 2. The minimum atomic E-state index is -0.707. The Hall–Kier alpha value is -0.870. The van der Waals surface area contributed by atoms with E-state index in [2.05, 4.69) is 38.2 Å². The monoisotopic (exact) mass is 421 g/mol. The molecule has 5 unspecified atom stereocenters. The summed E-state index contributed by atoms with van der Waals surface area (Å²) in [5.74, 6) is 1.49. The molecule has 0 spiro atoms. The zero-order chi connectivity index (χ0) is 22.0. The maximum absolute atomic E-state index is 10.6. The molecule has 0 aromatic heterocycles. The second kappa shape index (κ2) is 12.9. The van der Waals surface area contributed by atoms with Gasteiger partial charge in [-0.15, -0.1) is 0 Å². The summed E-state index contributed by atoms with van der Waals surface area (Å²) in [6, 6.07) is 0.504. The van der Waals surface area contributed by atoms with Crippen LogP contribution in [0.2, 0.25) is 0 Å². The molecule has 3 fully saturated rings. The first-order valence-corrected chi connectivity index (χ1v) is 12.6. The van der Waals surface area contributed by atoms with E-state index in [9.17, 15) is 9.90 Å². The van der Waals surface area contributed by atoms with Crippen LogP contribution in [0.25, 0.3) is 0 Å². The topological polar surface area (TPSA) is 69.6 Å². The number of aliphatic hydroxyl groups excluding tert-OH is 1. The van der Waals surface area contributed by atoms with E-state index < -0.39 is 5.97 Å². The summed E-state index contributed by atoms with van der Waals surface area (Å²) in [6.45, 7) is 7.82. The lowest BCUT2D eigenvalue weighted by molar-refractivity contribution is -0.137. The number of aliphatic hydroxyl groups is 1. The highest BCUT2D eigenvalue weighted by Crippen LogP contribution is 2.62. The molecular formula is C26H47NO3. The fourth-order valence-electron chi connectivity index (χ4n) is 5.80. The van der Waals surface area contributed by atoms with Gasteiger partial charge in [0.05, 0.1) is 6.10 Å². The highest BCUT2D eigenvalue weighted by molar-refractivity contribution is 5.66. The summed E-state index contributed by atoms with van der Waals surface area (Å²) >= 11 is 0. The van der Waals surface area contributed by atoms with Crippen molar-refractivity contribution in [2.75, 3.05) is 6.54 Å². The van der Waals surface area contributed by atoms with Crippen LogP contribution in [0.4, 0.5) is 0 Å². The van der Waals surface area contributed by atoms with Gasteiger partial charge in [-0.1, -0.05) is 71.4 Å². The van der Waals surface area contributed by atoms with Crippen LogP contribution in [-0.4, -0.2) is 34.9 Å². The van der Waals surface area contributed by atoms with Crippen molar-refractivity contribution in [3.05, 3.63) is 12.2 Å². The number of allylic oxidation sites excluding steroid dienone is 2. The van der Waals surface area contributed by atoms with Gasteiger partial charge >= 0.3 is 5.97 Å². The molecule has 30 heavy (non-hydrogen) atoms. The SMILES string of the molecule is CCCCCCCCC(O)CNC1CC2CC(C1C/C=C/CCCC(=O)O)C2(C)C. The van der Waals surface area contributed by atoms with E-state index in [0.29, 0.717) is 17.4 Å². The lowest BCUT2D eigenvalue weighted by atomic mass is 9.44. The number of rotatable bonds is 16. The number of carboxylic acids is 1. The number of aliphatic carboxylic acids is 1. The molecule has 5 atom stereocenters. The molecule has 0 saturated heterocycles. The van der Waals surface area contributed by atoms with Crippen LogP contribution >= 0.6 is 0 Å². The molecule has 0 heterocycles. The molecule has 3 N–H and O–H groups in total. The van der Waals surface area contributed by atoms with Crippen molar-refractivity contribution < 1.29 is 15.0 Å². The third-order valence-electron chi connectivity index (χ3n) is 7.96. The van der Waals surface area contributed by atoms with Gasteiger partial charge in [0.1, 0.15) is 0 Å². The number of hydrogen-bond acceptors (Lipinski definition) is 3. The van der Waals surface area contributed by atoms with Crippen LogP contribution in [0.3, 0.4) is 0 Å². The Morgan fingerprint density at radius 1 is 1.10 bits per heavy atom. The molecule has 0 aliphatic heterocycles. The highest BCUT2D eigenvalue weighted by atomic mass is 16.4. The van der Waals surface area contributed by atoms with Crippen molar-refractivity contribution >= 4 is 5.97 Å². The second-order valence-electron chi connectivity index (χ2n) is 10.5. The first-order valence-electron chi connectivity index (χ1n) is 12.6. The molecule has 0 amide bonds. The second-order valence-corrected chi connectivity index (χ2v) is 10.5. The van der Waals surface area contributed by atoms with Crippen molar-refractivity contribution in [1.82, 2.24) is 5.32 Å². The van der Waals surface area contributed by atoms with E-state index in [1.54, 1.807) is 0 Å². The largest absolute Gasteiger partial charge is 0.481 e. The molecular weight excluding hydrogens is 374 g/mol. The molecule has 3 saturated carbocycles. The summed E-state index contributed by atoms with van der Waals surface area (Å²) < 4.78 is 0. The highest BCUT2D eigenvalue weighted by Gasteiger charge is 2.56. The molecule has 3 rings (SSSR count). The van der Waals surface area contributed by atoms with E-state index in [1.165, 1.54) is 44.9 Å². The van der Waals surface area contributed by atoms with Crippen LogP contribution in [0.15, 0.2) is 12.2 Å². The van der Waals surface area contributed by atoms with E-state index in [0.717, 1.165) is 50.5 Å². The molecule has 3 aliphatic rings. The predicted octanol–water partition coefficient (Wildman–Crippen LogP) is 5.94. The van der Waals surface area contributed by atoms with Gasteiger partial charge in [-0.2, -0.15) is 0 Å². The van der Waals surface area contributed by atoms with Gasteiger partial charge in [-0.3, -0.25) is 4.79 Å². The smallest absolute Gasteiger partial charge is 0.303 e. The van der Waals surface area contributed by atoms with Crippen LogP contribution in [0, 0.1) is 23.2 Å². The molecule has 0 aromatic carbocycles. The molecule has 4 heteroatoms. The average molecular weight is 422 g/mol. The maximum atomic E-state index is 10.6. The normalized spacial score (nSPS) is 28.4. The number of nitrogens with one attached hydrogen (secondary N) is 1. The average Bonchev–Trinajstić information content (AvgIpc) is 2.71. The lowest BCUT2D eigenvalue weighted by Gasteiger charge is -2.63. The van der Waals surface area contributed by atoms with Crippen molar-refractivity contribution in [2.24, 2.45) is 23.2 Å². The minimum Gasteiger partial charge on any atom is -0.481 e. The van der Waals surface area contributed by atoms with Gasteiger partial charge in [0, 0.05) is 19.0 Å². The van der Waals surface area contributed by atoms with Crippen LogP contribution < -0.4 is 5.32 Å². The van der Waals surface area contributed by atoms with Crippen LogP contribution in [0.5, 0.6) is 0 Å². The third-order valence-corrected chi connectivity index (χ3v) is 7.96. The van der Waals surface area contributed by atoms with Gasteiger partial charge in [0.25, 0.3) is 0 Å². The molecule has 3 aliphatic carbocycles. The number of unbranched alkanes of at least 4 members (excludes halogenated alkanes) is 6. The lowest BCUT2D eigenvalue weighted by Crippen LogP contribution is -2.61. The Kier molecular flexibility index (Phi) is 10.9. The van der Waals surface area contributed by atoms with Crippen molar-refractivity contribution in [2.45, 2.75) is 116 Å². The third kappa shape index (κ3) is 7.67. The summed E-state index contributed by atoms with van der Waals surface area (Å²) in [6.07, 6.45) is 18.2. The van der Waals surface area contributed by atoms with Gasteiger partial charge in [-0.05, 0) is 61.7 Å². The van der Waals surface area contributed by atoms with Crippen molar-refractivity contribution in [1.29, 1.82) is 0 Å². The Bertz CT molecular complexity index is 530. The Morgan fingerprint density at radius 3 is 2.53 bits per heavy atom. The number of carboxylic acid groups (broad SMARTS) is 1. The summed E-state index contributed by atoms with van der Waals surface area (Å²) in [4.78, 5) is 10.6. The first-order chi connectivity index (χ1) is 14.4. The van der Waals surface area contributed by atoms with Crippen LogP contribution in [0.1, 0.15) is 104 Å². The van der Waals surface area contributed by atoms with E-state index in [1.807, 2.05) is 0 Å². The quantitative estimate of drug-likeness (QED) is 0.213. The molecule has 0 aromatic rings. The molecule has 174 valence electrons.